The van der Waals surface area contributed by atoms with Gasteiger partial charge in [0, 0.05) is 0 Å². The van der Waals surface area contributed by atoms with Gasteiger partial charge in [-0.05, 0) is 65.4 Å². The van der Waals surface area contributed by atoms with Crippen LogP contribution in [0.2, 0.25) is 0 Å². The highest BCUT2D eigenvalue weighted by Gasteiger charge is 2.15. The number of ether oxygens (including phenoxy) is 1. The molecule has 0 saturated carbocycles. The molecule has 0 fully saturated rings. The molecule has 0 aliphatic heterocycles. The molecule has 0 radical (unpaired) electrons. The third kappa shape index (κ3) is 4.62. The van der Waals surface area contributed by atoms with E-state index in [1.54, 1.807) is 25.1 Å². The number of carbonyl (C=O) groups excluding carboxylic acids is 1. The topological polar surface area (TPSA) is 50.1 Å². The largest absolute Gasteiger partial charge is 0.462 e. The van der Waals surface area contributed by atoms with Gasteiger partial charge in [0.15, 0.2) is 0 Å². The molecule has 0 N–H and O–H groups in total. The van der Waals surface area contributed by atoms with E-state index >= 15 is 0 Å². The van der Waals surface area contributed by atoms with Crippen molar-refractivity contribution in [2.75, 3.05) is 6.61 Å². The molecular formula is C26H23NO2. The van der Waals surface area contributed by atoms with Crippen LogP contribution >= 0.6 is 0 Å². The minimum Gasteiger partial charge on any atom is -0.462 e. The van der Waals surface area contributed by atoms with Gasteiger partial charge >= 0.3 is 5.97 Å². The molecule has 0 amide bonds. The van der Waals surface area contributed by atoms with E-state index in [0.29, 0.717) is 17.7 Å². The van der Waals surface area contributed by atoms with Crippen molar-refractivity contribution in [3.05, 3.63) is 107 Å². The Balaban J connectivity index is 2.19. The lowest BCUT2D eigenvalue weighted by molar-refractivity contribution is 0.0526. The lowest BCUT2D eigenvalue weighted by Crippen LogP contribution is -2.04. The Bertz CT molecular complexity index is 1060. The third-order valence-corrected chi connectivity index (χ3v) is 4.74. The number of allylic oxidation sites excluding steroid dienone is 1. The first-order valence-corrected chi connectivity index (χ1v) is 9.74. The summed E-state index contributed by atoms with van der Waals surface area (Å²) < 4.78 is 5.09. The van der Waals surface area contributed by atoms with E-state index in [2.05, 4.69) is 25.1 Å². The van der Waals surface area contributed by atoms with E-state index in [1.807, 2.05) is 48.5 Å². The molecule has 0 spiro atoms. The second-order valence-electron chi connectivity index (χ2n) is 6.56. The van der Waals surface area contributed by atoms with Crippen molar-refractivity contribution >= 4 is 17.1 Å². The van der Waals surface area contributed by atoms with Crippen LogP contribution in [-0.2, 0) is 4.74 Å². The number of rotatable bonds is 6. The number of nitrogens with zero attached hydrogens (tertiary/aromatic N) is 1. The Hall–Kier alpha value is -3.64. The molecule has 0 bridgehead atoms. The molecule has 0 aliphatic rings. The zero-order valence-electron chi connectivity index (χ0n) is 16.7. The van der Waals surface area contributed by atoms with E-state index < -0.39 is 0 Å². The van der Waals surface area contributed by atoms with Gasteiger partial charge in [0.25, 0.3) is 0 Å². The molecule has 0 atom stereocenters. The van der Waals surface area contributed by atoms with Crippen molar-refractivity contribution in [2.24, 2.45) is 0 Å². The maximum absolute atomic E-state index is 12.0. The van der Waals surface area contributed by atoms with Gasteiger partial charge in [-0.2, -0.15) is 5.26 Å². The molecule has 3 heteroatoms. The fraction of sp³-hybridized carbons (Fsp3) is 0.154. The van der Waals surface area contributed by atoms with Crippen molar-refractivity contribution in [3.8, 4) is 6.07 Å². The summed E-state index contributed by atoms with van der Waals surface area (Å²) in [5, 5.41) is 9.36. The van der Waals surface area contributed by atoms with Gasteiger partial charge < -0.3 is 4.74 Å². The molecule has 3 rings (SSSR count). The zero-order valence-corrected chi connectivity index (χ0v) is 16.7. The summed E-state index contributed by atoms with van der Waals surface area (Å²) in [6.07, 6.45) is 0.829. The molecular weight excluding hydrogens is 358 g/mol. The van der Waals surface area contributed by atoms with E-state index in [1.165, 1.54) is 5.57 Å². The molecule has 3 nitrogen and oxygen atoms in total. The normalized spacial score (nSPS) is 11.3. The number of nitriles is 1. The molecule has 0 aromatic heterocycles. The van der Waals surface area contributed by atoms with Crippen molar-refractivity contribution in [2.45, 2.75) is 20.3 Å². The van der Waals surface area contributed by atoms with Crippen LogP contribution in [0, 0.1) is 11.3 Å². The SMILES string of the molecule is CCOC(=O)c1ccc(/C(=C(/CC)c2ccccc2)c2cccc(C#N)c2)cc1. The Morgan fingerprint density at radius 1 is 0.828 bits per heavy atom. The van der Waals surface area contributed by atoms with E-state index in [-0.39, 0.29) is 5.97 Å². The average Bonchev–Trinajstić information content (AvgIpc) is 2.78. The van der Waals surface area contributed by atoms with Gasteiger partial charge in [0.05, 0.1) is 23.8 Å². The predicted octanol–water partition coefficient (Wildman–Crippen LogP) is 6.10. The van der Waals surface area contributed by atoms with Crippen LogP contribution in [0.1, 0.15) is 52.9 Å². The van der Waals surface area contributed by atoms with Gasteiger partial charge in [-0.3, -0.25) is 0 Å². The second-order valence-corrected chi connectivity index (χ2v) is 6.56. The van der Waals surface area contributed by atoms with Crippen LogP contribution in [0.4, 0.5) is 0 Å². The van der Waals surface area contributed by atoms with Crippen LogP contribution in [-0.4, -0.2) is 12.6 Å². The summed E-state index contributed by atoms with van der Waals surface area (Å²) >= 11 is 0. The molecule has 0 aliphatic carbocycles. The summed E-state index contributed by atoms with van der Waals surface area (Å²) in [7, 11) is 0. The third-order valence-electron chi connectivity index (χ3n) is 4.74. The molecule has 0 saturated heterocycles. The van der Waals surface area contributed by atoms with Gasteiger partial charge in [-0.25, -0.2) is 4.79 Å². The van der Waals surface area contributed by atoms with Crippen LogP contribution in [0.25, 0.3) is 11.1 Å². The van der Waals surface area contributed by atoms with Gasteiger partial charge in [-0.1, -0.05) is 61.5 Å². The fourth-order valence-corrected chi connectivity index (χ4v) is 3.41. The second kappa shape index (κ2) is 9.52. The van der Waals surface area contributed by atoms with Crippen molar-refractivity contribution in [1.29, 1.82) is 5.26 Å². The Morgan fingerprint density at radius 2 is 1.48 bits per heavy atom. The first-order valence-electron chi connectivity index (χ1n) is 9.74. The minimum atomic E-state index is -0.324. The fourth-order valence-electron chi connectivity index (χ4n) is 3.41. The van der Waals surface area contributed by atoms with Gasteiger partial charge in [0.2, 0.25) is 0 Å². The first-order chi connectivity index (χ1) is 14.2. The van der Waals surface area contributed by atoms with Gasteiger partial charge in [0.1, 0.15) is 0 Å². The molecule has 3 aromatic rings. The van der Waals surface area contributed by atoms with Crippen molar-refractivity contribution in [1.82, 2.24) is 0 Å². The summed E-state index contributed by atoms with van der Waals surface area (Å²) in [6.45, 7) is 4.27. The first kappa shape index (κ1) is 20.1. The maximum atomic E-state index is 12.0. The molecule has 0 unspecified atom stereocenters. The minimum absolute atomic E-state index is 0.324. The molecule has 29 heavy (non-hydrogen) atoms. The quantitative estimate of drug-likeness (QED) is 0.383. The Labute approximate surface area is 171 Å². The number of carbonyl (C=O) groups is 1. The van der Waals surface area contributed by atoms with Crippen LogP contribution in [0.15, 0.2) is 78.9 Å². The lowest BCUT2D eigenvalue weighted by atomic mass is 9.87. The standard InChI is InChI=1S/C26H23NO2/c1-3-24(20-10-6-5-7-11-20)25(23-12-8-9-19(17-23)18-27)21-13-15-22(16-14-21)26(28)29-4-2/h5-17H,3-4H2,1-2H3/b25-24+. The monoisotopic (exact) mass is 381 g/mol. The number of esters is 1. The van der Waals surface area contributed by atoms with Crippen LogP contribution in [0.3, 0.4) is 0 Å². The Morgan fingerprint density at radius 3 is 2.10 bits per heavy atom. The summed E-state index contributed by atoms with van der Waals surface area (Å²) in [4.78, 5) is 12.0. The zero-order chi connectivity index (χ0) is 20.6. The van der Waals surface area contributed by atoms with Crippen LogP contribution in [0.5, 0.6) is 0 Å². The highest BCUT2D eigenvalue weighted by molar-refractivity contribution is 5.99. The van der Waals surface area contributed by atoms with E-state index in [9.17, 15) is 10.1 Å². The highest BCUT2D eigenvalue weighted by Crippen LogP contribution is 2.34. The van der Waals surface area contributed by atoms with E-state index in [0.717, 1.165) is 28.7 Å². The lowest BCUT2D eigenvalue weighted by Gasteiger charge is -2.17. The average molecular weight is 381 g/mol. The van der Waals surface area contributed by atoms with Crippen LogP contribution < -0.4 is 0 Å². The number of hydrogen-bond acceptors (Lipinski definition) is 3. The molecule has 144 valence electrons. The molecule has 3 aromatic carbocycles. The number of hydrogen-bond donors (Lipinski definition) is 0. The van der Waals surface area contributed by atoms with Crippen molar-refractivity contribution < 1.29 is 9.53 Å². The van der Waals surface area contributed by atoms with Gasteiger partial charge in [-0.15, -0.1) is 0 Å². The maximum Gasteiger partial charge on any atom is 0.338 e. The Kier molecular flexibility index (Phi) is 6.60. The highest BCUT2D eigenvalue weighted by atomic mass is 16.5. The predicted molar refractivity (Wildman–Crippen MR) is 116 cm³/mol. The van der Waals surface area contributed by atoms with Crippen molar-refractivity contribution in [3.63, 3.8) is 0 Å². The molecule has 0 heterocycles. The smallest absolute Gasteiger partial charge is 0.338 e. The summed E-state index contributed by atoms with van der Waals surface area (Å²) in [5.41, 5.74) is 6.50. The van der Waals surface area contributed by atoms with E-state index in [4.69, 9.17) is 4.74 Å². The summed E-state index contributed by atoms with van der Waals surface area (Å²) in [5.74, 6) is -0.324. The number of benzene rings is 3. The summed E-state index contributed by atoms with van der Waals surface area (Å²) in [6, 6.07) is 27.6.